The molecule has 0 radical (unpaired) electrons. The Morgan fingerprint density at radius 2 is 1.85 bits per heavy atom. The minimum Gasteiger partial charge on any atom is -0.507 e. The molecule has 3 N–H and O–H groups in total. The molecular weight excluding hydrogens is 552 g/mol. The molecule has 3 heterocycles. The highest BCUT2D eigenvalue weighted by molar-refractivity contribution is 8.24. The van der Waals surface area contributed by atoms with Crippen LogP contribution in [-0.2, 0) is 4.79 Å². The lowest BCUT2D eigenvalue weighted by molar-refractivity contribution is -0.128. The molecule has 1 aromatic heterocycles. The van der Waals surface area contributed by atoms with E-state index < -0.39 is 39.6 Å². The van der Waals surface area contributed by atoms with Crippen LogP contribution in [0.25, 0.3) is 11.3 Å². The van der Waals surface area contributed by atoms with E-state index in [2.05, 4.69) is 16.0 Å². The van der Waals surface area contributed by atoms with Gasteiger partial charge in [-0.1, -0.05) is 44.7 Å². The summed E-state index contributed by atoms with van der Waals surface area (Å²) in [7, 11) is -3.99. The molecule has 1 atom stereocenters. The van der Waals surface area contributed by atoms with Crippen molar-refractivity contribution >= 4 is 34.2 Å². The van der Waals surface area contributed by atoms with Gasteiger partial charge >= 0.3 is 0 Å². The predicted octanol–water partition coefficient (Wildman–Crippen LogP) is 6.05. The number of carbonyl (C=O) groups is 1. The molecule has 0 aliphatic carbocycles. The number of para-hydroxylation sites is 1. The molecule has 1 saturated heterocycles. The fraction of sp³-hybridized carbons (Fsp3) is 0.276. The maximum Gasteiger partial charge on any atom is 0.246 e. The Morgan fingerprint density at radius 1 is 1.12 bits per heavy atom. The number of amidine groups is 1. The van der Waals surface area contributed by atoms with E-state index in [1.165, 1.54) is 18.2 Å². The summed E-state index contributed by atoms with van der Waals surface area (Å²) in [4.78, 5) is 20.1. The van der Waals surface area contributed by atoms with E-state index in [1.807, 2.05) is 32.9 Å². The SMILES string of the molecule is C=CC(=O)N1CCN(C2=NS(O)(O)N(c3ccccc3C(C)C)c3nc(-c4c(O)cccc4F)c(F)cc32)[C@@H](C)C1. The molecule has 0 bridgehead atoms. The van der Waals surface area contributed by atoms with Gasteiger partial charge in [-0.15, -0.1) is 4.40 Å². The first-order valence-corrected chi connectivity index (χ1v) is 14.5. The number of carbonyl (C=O) groups excluding carboxylic acids is 1. The average Bonchev–Trinajstić information content (AvgIpc) is 2.92. The highest BCUT2D eigenvalue weighted by Crippen LogP contribution is 2.58. The van der Waals surface area contributed by atoms with Crippen LogP contribution in [0, 0.1) is 11.6 Å². The van der Waals surface area contributed by atoms with Crippen LogP contribution in [0.3, 0.4) is 0 Å². The van der Waals surface area contributed by atoms with E-state index >= 15 is 4.39 Å². The molecule has 0 spiro atoms. The van der Waals surface area contributed by atoms with Crippen LogP contribution < -0.4 is 4.31 Å². The molecule has 3 aromatic rings. The van der Waals surface area contributed by atoms with Crippen LogP contribution in [0.2, 0.25) is 0 Å². The van der Waals surface area contributed by atoms with E-state index in [0.717, 1.165) is 22.0 Å². The Morgan fingerprint density at radius 3 is 2.51 bits per heavy atom. The molecule has 1 amide bonds. The number of halogens is 2. The number of aromatic hydroxyl groups is 1. The van der Waals surface area contributed by atoms with Gasteiger partial charge in [-0.3, -0.25) is 13.9 Å². The van der Waals surface area contributed by atoms with E-state index in [1.54, 1.807) is 21.9 Å². The summed E-state index contributed by atoms with van der Waals surface area (Å²) in [6.07, 6.45) is 1.23. The van der Waals surface area contributed by atoms with E-state index in [-0.39, 0.29) is 41.6 Å². The summed E-state index contributed by atoms with van der Waals surface area (Å²) < 4.78 is 59.3. The standard InChI is InChI=1S/C29H31F2N5O4S/c1-5-25(38)34-13-14-35(18(4)16-34)29-20-15-22(31)27(26-21(30)10-8-12-24(26)37)32-28(20)36(41(39,40)33-29)23-11-7-6-9-19(23)17(2)3/h5-12,15,17-18,37,39-40H,1,13-14,16H2,2-4H3/t18-/m0/s1. The van der Waals surface area contributed by atoms with E-state index in [0.29, 0.717) is 18.8 Å². The molecule has 216 valence electrons. The van der Waals surface area contributed by atoms with Crippen molar-refractivity contribution in [2.45, 2.75) is 32.7 Å². The fourth-order valence-electron chi connectivity index (χ4n) is 5.26. The van der Waals surface area contributed by atoms with Gasteiger partial charge in [0.2, 0.25) is 5.91 Å². The zero-order valence-electron chi connectivity index (χ0n) is 22.8. The van der Waals surface area contributed by atoms with Gasteiger partial charge in [-0.25, -0.2) is 18.1 Å². The van der Waals surface area contributed by atoms with Crippen LogP contribution in [-0.4, -0.2) is 66.4 Å². The first kappa shape index (κ1) is 28.5. The van der Waals surface area contributed by atoms with Crippen molar-refractivity contribution in [3.63, 3.8) is 0 Å². The van der Waals surface area contributed by atoms with Crippen LogP contribution >= 0.6 is 11.0 Å². The zero-order chi connectivity index (χ0) is 29.6. The molecule has 2 aliphatic rings. The number of rotatable bonds is 4. The van der Waals surface area contributed by atoms with Gasteiger partial charge < -0.3 is 14.9 Å². The highest BCUT2D eigenvalue weighted by Gasteiger charge is 2.41. The van der Waals surface area contributed by atoms with Gasteiger partial charge in [-0.2, -0.15) is 0 Å². The number of fused-ring (bicyclic) bond motifs is 1. The van der Waals surface area contributed by atoms with Crippen molar-refractivity contribution < 1.29 is 27.8 Å². The lowest BCUT2D eigenvalue weighted by Crippen LogP contribution is -2.56. The number of amides is 1. The summed E-state index contributed by atoms with van der Waals surface area (Å²) in [6.45, 7) is 10.1. The Labute approximate surface area is 238 Å². The van der Waals surface area contributed by atoms with Crippen molar-refractivity contribution in [2.24, 2.45) is 4.40 Å². The second-order valence-corrected chi connectivity index (χ2v) is 11.8. The summed E-state index contributed by atoms with van der Waals surface area (Å²) in [5.74, 6) is -2.57. The first-order valence-electron chi connectivity index (χ1n) is 13.1. The fourth-order valence-corrected chi connectivity index (χ4v) is 6.58. The molecular formula is C29H31F2N5O4S. The van der Waals surface area contributed by atoms with Gasteiger partial charge in [0.05, 0.1) is 16.8 Å². The summed E-state index contributed by atoms with van der Waals surface area (Å²) in [5, 5.41) is 10.4. The highest BCUT2D eigenvalue weighted by atomic mass is 32.3. The minimum absolute atomic E-state index is 0.0405. The van der Waals surface area contributed by atoms with Crippen molar-refractivity contribution in [1.82, 2.24) is 14.8 Å². The van der Waals surface area contributed by atoms with Crippen LogP contribution in [0.15, 0.2) is 65.6 Å². The number of anilines is 2. The first-order chi connectivity index (χ1) is 19.4. The molecule has 9 nitrogen and oxygen atoms in total. The average molecular weight is 584 g/mol. The summed E-state index contributed by atoms with van der Waals surface area (Å²) in [5.41, 5.74) is 0.363. The number of hydrogen-bond donors (Lipinski definition) is 3. The van der Waals surface area contributed by atoms with Crippen LogP contribution in [0.1, 0.15) is 37.8 Å². The molecule has 0 unspecified atom stereocenters. The van der Waals surface area contributed by atoms with Gasteiger partial charge in [0.25, 0.3) is 0 Å². The molecule has 0 saturated carbocycles. The van der Waals surface area contributed by atoms with Crippen molar-refractivity contribution in [1.29, 1.82) is 0 Å². The number of benzene rings is 2. The van der Waals surface area contributed by atoms with E-state index in [9.17, 15) is 23.4 Å². The molecule has 5 rings (SSSR count). The molecule has 41 heavy (non-hydrogen) atoms. The Hall–Kier alpha value is -4.00. The summed E-state index contributed by atoms with van der Waals surface area (Å²) in [6, 6.07) is 11.4. The monoisotopic (exact) mass is 583 g/mol. The quantitative estimate of drug-likeness (QED) is 0.321. The van der Waals surface area contributed by atoms with E-state index in [4.69, 9.17) is 0 Å². The summed E-state index contributed by atoms with van der Waals surface area (Å²) >= 11 is 0. The van der Waals surface area contributed by atoms with Crippen molar-refractivity contribution in [2.75, 3.05) is 23.9 Å². The zero-order valence-corrected chi connectivity index (χ0v) is 23.6. The van der Waals surface area contributed by atoms with Gasteiger partial charge in [0, 0.05) is 25.7 Å². The van der Waals surface area contributed by atoms with Gasteiger partial charge in [0.1, 0.15) is 17.3 Å². The third-order valence-corrected chi connectivity index (χ3v) is 8.51. The second kappa shape index (κ2) is 10.8. The lowest BCUT2D eigenvalue weighted by atomic mass is 10.0. The topological polar surface area (TPSA) is 113 Å². The number of aromatic nitrogens is 1. The van der Waals surface area contributed by atoms with Gasteiger partial charge in [-0.05, 0) is 59.7 Å². The Kier molecular flexibility index (Phi) is 7.49. The maximum atomic E-state index is 15.8. The number of phenolic OH excluding ortho intramolecular Hbond substituents is 1. The minimum atomic E-state index is -3.99. The van der Waals surface area contributed by atoms with Gasteiger partial charge in [0.15, 0.2) is 17.5 Å². The lowest BCUT2D eigenvalue weighted by Gasteiger charge is -2.48. The number of hydrogen-bond acceptors (Lipinski definition) is 8. The Balaban J connectivity index is 1.74. The van der Waals surface area contributed by atoms with Crippen molar-refractivity contribution in [3.05, 3.63) is 83.9 Å². The number of piperazine rings is 1. The molecule has 2 aliphatic heterocycles. The number of phenols is 1. The largest absolute Gasteiger partial charge is 0.507 e. The smallest absolute Gasteiger partial charge is 0.246 e. The number of pyridine rings is 1. The third kappa shape index (κ3) is 5.03. The maximum absolute atomic E-state index is 15.8. The van der Waals surface area contributed by atoms with Crippen LogP contribution in [0.5, 0.6) is 5.75 Å². The number of nitrogens with zero attached hydrogens (tertiary/aromatic N) is 5. The molecule has 1 fully saturated rings. The van der Waals surface area contributed by atoms with Crippen molar-refractivity contribution in [3.8, 4) is 17.0 Å². The molecule has 2 aromatic carbocycles. The Bertz CT molecular complexity index is 1540. The van der Waals surface area contributed by atoms with Crippen LogP contribution in [0.4, 0.5) is 20.3 Å². The predicted molar refractivity (Wildman–Crippen MR) is 156 cm³/mol. The molecule has 12 heteroatoms. The second-order valence-electron chi connectivity index (χ2n) is 10.3. The normalized spacial score (nSPS) is 19.1. The third-order valence-electron chi connectivity index (χ3n) is 7.23.